The fourth-order valence-electron chi connectivity index (χ4n) is 3.06. The Labute approximate surface area is 151 Å². The summed E-state index contributed by atoms with van der Waals surface area (Å²) in [6, 6.07) is 0. The lowest BCUT2D eigenvalue weighted by Crippen LogP contribution is -2.36. The lowest BCUT2D eigenvalue weighted by molar-refractivity contribution is 0.198. The van der Waals surface area contributed by atoms with Crippen LogP contribution in [0.3, 0.4) is 0 Å². The molecule has 1 atom stereocenters. The number of aliphatic hydroxyl groups is 1. The van der Waals surface area contributed by atoms with E-state index in [9.17, 15) is 5.11 Å². The summed E-state index contributed by atoms with van der Waals surface area (Å²) in [6.07, 6.45) is 0.416. The molecule has 0 unspecified atom stereocenters. The van der Waals surface area contributed by atoms with Crippen molar-refractivity contribution in [2.75, 3.05) is 28.4 Å². The monoisotopic (exact) mass is 360 g/mol. The number of hydrogen-bond acceptors (Lipinski definition) is 10. The Kier molecular flexibility index (Phi) is 3.92. The first-order valence-electron chi connectivity index (χ1n) is 8.69. The van der Waals surface area contributed by atoms with Crippen molar-refractivity contribution in [1.29, 1.82) is 0 Å². The van der Waals surface area contributed by atoms with Gasteiger partial charge in [0.1, 0.15) is 11.5 Å². The van der Waals surface area contributed by atoms with Gasteiger partial charge in [-0.3, -0.25) is 10.4 Å². The van der Waals surface area contributed by atoms with Crippen LogP contribution >= 0.6 is 0 Å². The maximum absolute atomic E-state index is 9.94. The van der Waals surface area contributed by atoms with Gasteiger partial charge in [0, 0.05) is 25.6 Å². The van der Waals surface area contributed by atoms with Gasteiger partial charge in [-0.1, -0.05) is 20.8 Å². The summed E-state index contributed by atoms with van der Waals surface area (Å²) < 4.78 is 1.63. The van der Waals surface area contributed by atoms with Gasteiger partial charge in [-0.2, -0.15) is 0 Å². The molecule has 4 rings (SSSR count). The third kappa shape index (κ3) is 2.92. The summed E-state index contributed by atoms with van der Waals surface area (Å²) in [5.74, 6) is 3.02. The van der Waals surface area contributed by atoms with Gasteiger partial charge in [-0.05, 0) is 16.8 Å². The minimum Gasteiger partial charge on any atom is -0.391 e. The molecule has 3 N–H and O–H groups in total. The van der Waals surface area contributed by atoms with Crippen molar-refractivity contribution in [3.05, 3.63) is 11.6 Å². The lowest BCUT2D eigenvalue weighted by atomic mass is 9.95. The lowest BCUT2D eigenvalue weighted by Gasteiger charge is -2.24. The highest BCUT2D eigenvalue weighted by atomic mass is 16.3. The molecule has 11 nitrogen and oxygen atoms in total. The molecule has 0 spiro atoms. The highest BCUT2D eigenvalue weighted by Crippen LogP contribution is 2.38. The van der Waals surface area contributed by atoms with Gasteiger partial charge in [0.2, 0.25) is 0 Å². The Bertz CT molecular complexity index is 813. The zero-order valence-corrected chi connectivity index (χ0v) is 15.4. The van der Waals surface area contributed by atoms with Crippen molar-refractivity contribution in [2.24, 2.45) is 7.05 Å². The zero-order chi connectivity index (χ0) is 18.5. The van der Waals surface area contributed by atoms with Crippen LogP contribution < -0.4 is 20.9 Å². The molecule has 2 aromatic heterocycles. The minimum atomic E-state index is -0.325. The highest BCUT2D eigenvalue weighted by Gasteiger charge is 2.33. The average Bonchev–Trinajstić information content (AvgIpc) is 3.28. The maximum Gasteiger partial charge on any atom is 0.175 e. The largest absolute Gasteiger partial charge is 0.391 e. The molecular weight excluding hydrogens is 336 g/mol. The molecular formula is C15H24N10O. The summed E-state index contributed by atoms with van der Waals surface area (Å²) in [6.45, 7) is 8.05. The number of hydrazine groups is 2. The molecule has 0 aliphatic carbocycles. The van der Waals surface area contributed by atoms with Crippen molar-refractivity contribution in [3.8, 4) is 0 Å². The third-order valence-electron chi connectivity index (χ3n) is 4.58. The standard InChI is InChI=1S/C15H24N10O/c1-15(2,3)14-16-12(24-6-5-9(26)7-24)11-13(17-14)25(21-19-11)8-10-18-20-22-23(10)4/h9,19,21,26H,5-8H2,1-4H3/t9-/m0/s1. The number of aryl methyl sites for hydroxylation is 1. The minimum absolute atomic E-state index is 0.206. The first-order chi connectivity index (χ1) is 12.3. The van der Waals surface area contributed by atoms with Crippen molar-refractivity contribution in [2.45, 2.75) is 45.3 Å². The SMILES string of the molecule is Cn1nnnc1CN1NNc2c(N3CC[C@H](O)C3)nc(C(C)(C)C)nc21. The predicted molar refractivity (Wildman–Crippen MR) is 95.3 cm³/mol. The third-order valence-corrected chi connectivity index (χ3v) is 4.58. The van der Waals surface area contributed by atoms with Gasteiger partial charge < -0.3 is 10.0 Å². The first kappa shape index (κ1) is 16.9. The van der Waals surface area contributed by atoms with E-state index in [-0.39, 0.29) is 11.5 Å². The molecule has 0 saturated carbocycles. The van der Waals surface area contributed by atoms with E-state index < -0.39 is 0 Å². The molecule has 2 aliphatic heterocycles. The van der Waals surface area contributed by atoms with Crippen molar-refractivity contribution in [1.82, 2.24) is 35.7 Å². The smallest absolute Gasteiger partial charge is 0.175 e. The molecule has 140 valence electrons. The van der Waals surface area contributed by atoms with E-state index in [1.807, 2.05) is 5.01 Å². The molecule has 0 aromatic carbocycles. The summed E-state index contributed by atoms with van der Waals surface area (Å²) in [5, 5.41) is 23.4. The molecule has 2 aromatic rings. The zero-order valence-electron chi connectivity index (χ0n) is 15.4. The number of β-amino-alcohol motifs (C(OH)–C–C–N with tert-alkyl or cyclic N) is 1. The van der Waals surface area contributed by atoms with E-state index in [0.717, 1.165) is 36.1 Å². The van der Waals surface area contributed by atoms with Crippen LogP contribution in [0.4, 0.5) is 17.3 Å². The van der Waals surface area contributed by atoms with Crippen LogP contribution in [0, 0.1) is 0 Å². The fraction of sp³-hybridized carbons (Fsp3) is 0.667. The van der Waals surface area contributed by atoms with E-state index in [4.69, 9.17) is 9.97 Å². The van der Waals surface area contributed by atoms with Gasteiger partial charge in [-0.25, -0.2) is 14.6 Å². The van der Waals surface area contributed by atoms with Crippen LogP contribution in [-0.4, -0.2) is 54.5 Å². The Balaban J connectivity index is 1.74. The topological polar surface area (TPSA) is 120 Å². The van der Waals surface area contributed by atoms with E-state index in [0.29, 0.717) is 18.9 Å². The number of rotatable bonds is 3. The summed E-state index contributed by atoms with van der Waals surface area (Å²) in [5.41, 5.74) is 6.90. The first-order valence-corrected chi connectivity index (χ1v) is 8.69. The number of tetrazole rings is 1. The number of aromatic nitrogens is 6. The number of hydrogen-bond donors (Lipinski definition) is 3. The summed E-state index contributed by atoms with van der Waals surface area (Å²) in [4.78, 5) is 11.7. The molecule has 0 bridgehead atoms. The van der Waals surface area contributed by atoms with Crippen LogP contribution in [0.5, 0.6) is 0 Å². The van der Waals surface area contributed by atoms with Gasteiger partial charge in [0.05, 0.1) is 12.6 Å². The number of anilines is 3. The van der Waals surface area contributed by atoms with E-state index >= 15 is 0 Å². The second-order valence-electron chi connectivity index (χ2n) is 7.75. The fourth-order valence-corrected chi connectivity index (χ4v) is 3.06. The maximum atomic E-state index is 9.94. The Morgan fingerprint density at radius 1 is 1.23 bits per heavy atom. The number of nitrogens with zero attached hydrogens (tertiary/aromatic N) is 8. The Hall–Kier alpha value is -2.53. The normalized spacial score (nSPS) is 19.8. The second kappa shape index (κ2) is 6.02. The molecule has 26 heavy (non-hydrogen) atoms. The highest BCUT2D eigenvalue weighted by molar-refractivity contribution is 5.81. The van der Waals surface area contributed by atoms with Crippen molar-refractivity contribution >= 4 is 17.3 Å². The van der Waals surface area contributed by atoms with Gasteiger partial charge in [0.15, 0.2) is 17.5 Å². The molecule has 2 aliphatic rings. The van der Waals surface area contributed by atoms with E-state index in [2.05, 4.69) is 52.2 Å². The van der Waals surface area contributed by atoms with Crippen LogP contribution in [0.2, 0.25) is 0 Å². The van der Waals surface area contributed by atoms with Crippen LogP contribution in [-0.2, 0) is 19.0 Å². The van der Waals surface area contributed by atoms with E-state index in [1.165, 1.54) is 0 Å². The Morgan fingerprint density at radius 2 is 2.00 bits per heavy atom. The summed E-state index contributed by atoms with van der Waals surface area (Å²) >= 11 is 0. The summed E-state index contributed by atoms with van der Waals surface area (Å²) in [7, 11) is 1.80. The van der Waals surface area contributed by atoms with Crippen molar-refractivity contribution < 1.29 is 5.11 Å². The number of fused-ring (bicyclic) bond motifs is 1. The number of aliphatic hydroxyl groups excluding tert-OH is 1. The molecule has 0 radical (unpaired) electrons. The molecule has 1 fully saturated rings. The van der Waals surface area contributed by atoms with E-state index in [1.54, 1.807) is 11.7 Å². The quantitative estimate of drug-likeness (QED) is 0.674. The molecule has 4 heterocycles. The number of nitrogens with one attached hydrogen (secondary N) is 2. The molecule has 1 saturated heterocycles. The van der Waals surface area contributed by atoms with Crippen LogP contribution in [0.25, 0.3) is 0 Å². The Morgan fingerprint density at radius 3 is 2.62 bits per heavy atom. The second-order valence-corrected chi connectivity index (χ2v) is 7.75. The molecule has 11 heteroatoms. The molecule has 0 amide bonds. The van der Waals surface area contributed by atoms with Gasteiger partial charge in [0.25, 0.3) is 0 Å². The van der Waals surface area contributed by atoms with Gasteiger partial charge >= 0.3 is 0 Å². The van der Waals surface area contributed by atoms with Crippen molar-refractivity contribution in [3.63, 3.8) is 0 Å². The average molecular weight is 360 g/mol. The predicted octanol–water partition coefficient (Wildman–Crippen LogP) is -0.280. The van der Waals surface area contributed by atoms with Gasteiger partial charge in [-0.15, -0.1) is 10.6 Å². The van der Waals surface area contributed by atoms with Crippen LogP contribution in [0.15, 0.2) is 0 Å². The van der Waals surface area contributed by atoms with Crippen LogP contribution in [0.1, 0.15) is 38.8 Å².